The van der Waals surface area contributed by atoms with Crippen LogP contribution in [0.25, 0.3) is 0 Å². The van der Waals surface area contributed by atoms with Gasteiger partial charge >= 0.3 is 0 Å². The zero-order chi connectivity index (χ0) is 17.3. The molecule has 1 saturated heterocycles. The molecule has 2 aliphatic rings. The summed E-state index contributed by atoms with van der Waals surface area (Å²) < 4.78 is 35.0. The summed E-state index contributed by atoms with van der Waals surface area (Å²) >= 11 is 0. The van der Waals surface area contributed by atoms with Crippen molar-refractivity contribution in [2.75, 3.05) is 31.2 Å². The highest BCUT2D eigenvalue weighted by atomic mass is 32.2. The molecule has 0 unspecified atom stereocenters. The van der Waals surface area contributed by atoms with E-state index in [1.165, 1.54) is 0 Å². The number of ether oxygens (including phenoxy) is 2. The summed E-state index contributed by atoms with van der Waals surface area (Å²) in [4.78, 5) is 6.41. The van der Waals surface area contributed by atoms with Gasteiger partial charge in [0.2, 0.25) is 0 Å². The van der Waals surface area contributed by atoms with Gasteiger partial charge in [0, 0.05) is 31.4 Å². The Labute approximate surface area is 147 Å². The zero-order valence-corrected chi connectivity index (χ0v) is 14.6. The molecular formula is C18H20N2O4S. The first kappa shape index (κ1) is 16.4. The summed E-state index contributed by atoms with van der Waals surface area (Å²) in [6.45, 7) is 2.29. The summed E-state index contributed by atoms with van der Waals surface area (Å²) in [5.41, 5.74) is 2.20. The average Bonchev–Trinajstić information content (AvgIpc) is 2.63. The molecule has 0 saturated carbocycles. The number of fused-ring (bicyclic) bond motifs is 1. The van der Waals surface area contributed by atoms with E-state index in [0.717, 1.165) is 11.1 Å². The molecule has 4 rings (SSSR count). The lowest BCUT2D eigenvalue weighted by Crippen LogP contribution is -2.40. The van der Waals surface area contributed by atoms with Crippen LogP contribution < -0.4 is 9.47 Å². The highest BCUT2D eigenvalue weighted by Crippen LogP contribution is 2.35. The molecule has 1 fully saturated rings. The zero-order valence-electron chi connectivity index (χ0n) is 13.8. The van der Waals surface area contributed by atoms with Crippen LogP contribution in [0.3, 0.4) is 0 Å². The quantitative estimate of drug-likeness (QED) is 0.832. The number of rotatable bonds is 3. The van der Waals surface area contributed by atoms with Crippen LogP contribution in [0.2, 0.25) is 0 Å². The van der Waals surface area contributed by atoms with Gasteiger partial charge in [-0.3, -0.25) is 4.90 Å². The number of hydrogen-bond acceptors (Lipinski definition) is 6. The van der Waals surface area contributed by atoms with Crippen LogP contribution in [0, 0.1) is 0 Å². The number of sulfone groups is 1. The molecule has 132 valence electrons. The van der Waals surface area contributed by atoms with Crippen LogP contribution in [0.15, 0.2) is 42.6 Å². The van der Waals surface area contributed by atoms with Gasteiger partial charge in [0.1, 0.15) is 6.61 Å². The molecule has 2 aliphatic heterocycles. The van der Waals surface area contributed by atoms with Crippen LogP contribution in [-0.2, 0) is 16.4 Å². The van der Waals surface area contributed by atoms with E-state index >= 15 is 0 Å². The summed E-state index contributed by atoms with van der Waals surface area (Å²) in [6, 6.07) is 11.7. The maximum absolute atomic E-state index is 11.6. The molecule has 0 bridgehead atoms. The highest BCUT2D eigenvalue weighted by molar-refractivity contribution is 7.91. The van der Waals surface area contributed by atoms with E-state index in [4.69, 9.17) is 9.47 Å². The van der Waals surface area contributed by atoms with E-state index < -0.39 is 9.84 Å². The van der Waals surface area contributed by atoms with Crippen molar-refractivity contribution in [2.45, 2.75) is 12.6 Å². The molecule has 25 heavy (non-hydrogen) atoms. The molecular weight excluding hydrogens is 340 g/mol. The topological polar surface area (TPSA) is 68.7 Å². The third kappa shape index (κ3) is 3.62. The Balaban J connectivity index is 1.52. The second kappa shape index (κ2) is 6.65. The Morgan fingerprint density at radius 3 is 2.76 bits per heavy atom. The second-order valence-electron chi connectivity index (χ2n) is 6.35. The molecule has 1 aromatic heterocycles. The van der Waals surface area contributed by atoms with Crippen molar-refractivity contribution in [3.05, 3.63) is 53.7 Å². The Morgan fingerprint density at radius 2 is 1.92 bits per heavy atom. The van der Waals surface area contributed by atoms with Gasteiger partial charge in [-0.2, -0.15) is 0 Å². The fourth-order valence-corrected chi connectivity index (χ4v) is 4.48. The van der Waals surface area contributed by atoms with Crippen LogP contribution in [0.4, 0.5) is 0 Å². The molecule has 0 amide bonds. The number of aromatic nitrogens is 1. The largest absolute Gasteiger partial charge is 0.484 e. The Bertz CT molecular complexity index is 855. The van der Waals surface area contributed by atoms with E-state index in [1.807, 2.05) is 30.3 Å². The van der Waals surface area contributed by atoms with Crippen LogP contribution in [-0.4, -0.2) is 49.5 Å². The van der Waals surface area contributed by atoms with Gasteiger partial charge in [0.05, 0.1) is 11.5 Å². The third-order valence-electron chi connectivity index (χ3n) is 4.61. The van der Waals surface area contributed by atoms with Crippen molar-refractivity contribution in [3.8, 4) is 11.6 Å². The first-order chi connectivity index (χ1) is 12.1. The lowest BCUT2D eigenvalue weighted by Gasteiger charge is -2.30. The minimum Gasteiger partial charge on any atom is -0.484 e. The van der Waals surface area contributed by atoms with Gasteiger partial charge in [0.25, 0.3) is 5.88 Å². The minimum absolute atomic E-state index is 0.216. The lowest BCUT2D eigenvalue weighted by molar-refractivity contribution is 0.0838. The van der Waals surface area contributed by atoms with Gasteiger partial charge in [-0.15, -0.1) is 0 Å². The average molecular weight is 360 g/mol. The van der Waals surface area contributed by atoms with Gasteiger partial charge in [-0.25, -0.2) is 13.4 Å². The third-order valence-corrected chi connectivity index (χ3v) is 6.22. The minimum atomic E-state index is -2.87. The van der Waals surface area contributed by atoms with Crippen molar-refractivity contribution in [1.29, 1.82) is 0 Å². The monoisotopic (exact) mass is 360 g/mol. The fourth-order valence-electron chi connectivity index (χ4n) is 3.20. The Kier molecular flexibility index (Phi) is 4.35. The molecule has 0 N–H and O–H groups in total. The standard InChI is InChI=1S/C18H20N2O4S/c21-25(22)10-8-20(9-11-25)12-14-4-1-2-5-15(14)17-13-23-16-6-3-7-19-18(16)24-17/h1-7,17H,8-13H2/t17-/m1/s1. The predicted molar refractivity (Wildman–Crippen MR) is 93.5 cm³/mol. The first-order valence-corrected chi connectivity index (χ1v) is 10.2. The molecule has 3 heterocycles. The Hall–Kier alpha value is -2.12. The lowest BCUT2D eigenvalue weighted by atomic mass is 10.0. The Morgan fingerprint density at radius 1 is 1.12 bits per heavy atom. The van der Waals surface area contributed by atoms with E-state index in [0.29, 0.717) is 37.9 Å². The number of pyridine rings is 1. The SMILES string of the molecule is O=S1(=O)CCN(Cc2ccccc2[C@H]2COc3cccnc3O2)CC1. The van der Waals surface area contributed by atoms with Crippen LogP contribution in [0.5, 0.6) is 11.6 Å². The normalized spacial score (nSPS) is 22.5. The van der Waals surface area contributed by atoms with Crippen molar-refractivity contribution < 1.29 is 17.9 Å². The summed E-state index contributed by atoms with van der Waals surface area (Å²) in [5.74, 6) is 1.64. The second-order valence-corrected chi connectivity index (χ2v) is 8.65. The van der Waals surface area contributed by atoms with Gasteiger partial charge < -0.3 is 9.47 Å². The molecule has 0 radical (unpaired) electrons. The highest BCUT2D eigenvalue weighted by Gasteiger charge is 2.27. The summed E-state index contributed by atoms with van der Waals surface area (Å²) in [5, 5.41) is 0. The molecule has 0 aliphatic carbocycles. The summed E-state index contributed by atoms with van der Waals surface area (Å²) in [7, 11) is -2.87. The first-order valence-electron chi connectivity index (χ1n) is 8.36. The van der Waals surface area contributed by atoms with Crippen molar-refractivity contribution in [1.82, 2.24) is 9.88 Å². The van der Waals surface area contributed by atoms with E-state index in [2.05, 4.69) is 16.0 Å². The molecule has 0 spiro atoms. The fraction of sp³-hybridized carbons (Fsp3) is 0.389. The maximum Gasteiger partial charge on any atom is 0.257 e. The number of nitrogens with zero attached hydrogens (tertiary/aromatic N) is 2. The molecule has 7 heteroatoms. The van der Waals surface area contributed by atoms with E-state index in [-0.39, 0.29) is 17.6 Å². The van der Waals surface area contributed by atoms with Crippen molar-refractivity contribution in [2.24, 2.45) is 0 Å². The number of benzene rings is 1. The molecule has 1 aromatic carbocycles. The van der Waals surface area contributed by atoms with Gasteiger partial charge in [-0.1, -0.05) is 24.3 Å². The molecule has 6 nitrogen and oxygen atoms in total. The van der Waals surface area contributed by atoms with Crippen molar-refractivity contribution >= 4 is 9.84 Å². The maximum atomic E-state index is 11.6. The van der Waals surface area contributed by atoms with Gasteiger partial charge in [-0.05, 0) is 17.7 Å². The number of hydrogen-bond donors (Lipinski definition) is 0. The molecule has 1 atom stereocenters. The van der Waals surface area contributed by atoms with Gasteiger partial charge in [0.15, 0.2) is 21.7 Å². The van der Waals surface area contributed by atoms with Crippen molar-refractivity contribution in [3.63, 3.8) is 0 Å². The predicted octanol–water partition coefficient (Wildman–Crippen LogP) is 1.82. The van der Waals surface area contributed by atoms with E-state index in [1.54, 1.807) is 6.20 Å². The van der Waals surface area contributed by atoms with Crippen LogP contribution >= 0.6 is 0 Å². The van der Waals surface area contributed by atoms with E-state index in [9.17, 15) is 8.42 Å². The molecule has 2 aromatic rings. The van der Waals surface area contributed by atoms with Crippen LogP contribution in [0.1, 0.15) is 17.2 Å². The summed E-state index contributed by atoms with van der Waals surface area (Å²) in [6.07, 6.45) is 1.47. The smallest absolute Gasteiger partial charge is 0.257 e.